The van der Waals surface area contributed by atoms with E-state index in [1.807, 2.05) is 4.90 Å². The molecule has 1 spiro atoms. The van der Waals surface area contributed by atoms with Gasteiger partial charge >= 0.3 is 0 Å². The van der Waals surface area contributed by atoms with Gasteiger partial charge in [-0.1, -0.05) is 12.1 Å². The molecule has 0 atom stereocenters. The van der Waals surface area contributed by atoms with Gasteiger partial charge in [-0.25, -0.2) is 0 Å². The molecule has 6 heteroatoms. The Morgan fingerprint density at radius 2 is 2.09 bits per heavy atom. The average Bonchev–Trinajstić information content (AvgIpc) is 2.92. The average molecular weight is 303 g/mol. The van der Waals surface area contributed by atoms with E-state index in [-0.39, 0.29) is 18.0 Å². The molecule has 3 rings (SSSR count). The van der Waals surface area contributed by atoms with Gasteiger partial charge in [0.15, 0.2) is 0 Å². The highest BCUT2D eigenvalue weighted by atomic mass is 16.6. The standard InChI is InChI=1S/C16H21N3O3/c20-15(11-13-2-1-3-14(10-13)19(21)22)18-9-6-16(12-18)4-7-17-8-5-16/h1-3,10,17H,4-9,11-12H2. The number of piperidine rings is 1. The second kappa shape index (κ2) is 6.04. The predicted molar refractivity (Wildman–Crippen MR) is 82.5 cm³/mol. The molecule has 2 fully saturated rings. The predicted octanol–water partition coefficient (Wildman–Crippen LogP) is 1.74. The molecule has 0 unspecified atom stereocenters. The number of nitro groups is 1. The lowest BCUT2D eigenvalue weighted by molar-refractivity contribution is -0.384. The van der Waals surface area contributed by atoms with Crippen molar-refractivity contribution in [3.8, 4) is 0 Å². The SMILES string of the molecule is O=C(Cc1cccc([N+](=O)[O-])c1)N1CCC2(CCNCC2)C1. The van der Waals surface area contributed by atoms with Crippen LogP contribution in [0, 0.1) is 15.5 Å². The third-order valence-electron chi connectivity index (χ3n) is 4.93. The molecule has 118 valence electrons. The molecule has 0 aliphatic carbocycles. The first kappa shape index (κ1) is 15.0. The molecule has 1 amide bonds. The Kier molecular flexibility index (Phi) is 4.11. The lowest BCUT2D eigenvalue weighted by Crippen LogP contribution is -2.40. The number of carbonyl (C=O) groups is 1. The number of carbonyl (C=O) groups excluding carboxylic acids is 1. The monoisotopic (exact) mass is 303 g/mol. The highest BCUT2D eigenvalue weighted by Gasteiger charge is 2.40. The molecule has 0 radical (unpaired) electrons. The lowest BCUT2D eigenvalue weighted by Gasteiger charge is -2.33. The maximum atomic E-state index is 12.5. The van der Waals surface area contributed by atoms with Gasteiger partial charge in [-0.3, -0.25) is 14.9 Å². The number of nitro benzene ring substituents is 1. The van der Waals surface area contributed by atoms with Gasteiger partial charge in [0, 0.05) is 25.2 Å². The molecule has 1 N–H and O–H groups in total. The van der Waals surface area contributed by atoms with Crippen LogP contribution in [0.25, 0.3) is 0 Å². The van der Waals surface area contributed by atoms with Gasteiger partial charge in [0.05, 0.1) is 11.3 Å². The summed E-state index contributed by atoms with van der Waals surface area (Å²) in [7, 11) is 0. The summed E-state index contributed by atoms with van der Waals surface area (Å²) in [4.78, 5) is 24.8. The minimum Gasteiger partial charge on any atom is -0.342 e. The van der Waals surface area contributed by atoms with Gasteiger partial charge in [0.2, 0.25) is 5.91 Å². The highest BCUT2D eigenvalue weighted by molar-refractivity contribution is 5.79. The maximum absolute atomic E-state index is 12.5. The molecule has 2 heterocycles. The zero-order valence-electron chi connectivity index (χ0n) is 12.6. The zero-order chi connectivity index (χ0) is 15.6. The number of hydrogen-bond donors (Lipinski definition) is 1. The van der Waals surface area contributed by atoms with E-state index in [2.05, 4.69) is 5.32 Å². The second-order valence-electron chi connectivity index (χ2n) is 6.42. The van der Waals surface area contributed by atoms with E-state index < -0.39 is 4.92 Å². The summed E-state index contributed by atoms with van der Waals surface area (Å²) < 4.78 is 0. The molecular weight excluding hydrogens is 282 g/mol. The van der Waals surface area contributed by atoms with Crippen LogP contribution < -0.4 is 5.32 Å². The first-order valence-electron chi connectivity index (χ1n) is 7.80. The van der Waals surface area contributed by atoms with Crippen molar-refractivity contribution in [2.24, 2.45) is 5.41 Å². The van der Waals surface area contributed by atoms with Crippen molar-refractivity contribution in [1.29, 1.82) is 0 Å². The molecule has 2 aliphatic heterocycles. The van der Waals surface area contributed by atoms with Crippen molar-refractivity contribution < 1.29 is 9.72 Å². The number of rotatable bonds is 3. The fourth-order valence-electron chi connectivity index (χ4n) is 3.58. The van der Waals surface area contributed by atoms with Crippen molar-refractivity contribution in [2.75, 3.05) is 26.2 Å². The summed E-state index contributed by atoms with van der Waals surface area (Å²) in [6.07, 6.45) is 3.59. The fourth-order valence-corrected chi connectivity index (χ4v) is 3.58. The van der Waals surface area contributed by atoms with Crippen LogP contribution in [0.5, 0.6) is 0 Å². The summed E-state index contributed by atoms with van der Waals surface area (Å²) in [5.74, 6) is 0.0795. The molecule has 1 aromatic rings. The zero-order valence-corrected chi connectivity index (χ0v) is 12.6. The van der Waals surface area contributed by atoms with E-state index in [4.69, 9.17) is 0 Å². The third-order valence-corrected chi connectivity index (χ3v) is 4.93. The van der Waals surface area contributed by atoms with Crippen molar-refractivity contribution in [3.63, 3.8) is 0 Å². The van der Waals surface area contributed by atoms with Gasteiger partial charge in [-0.15, -0.1) is 0 Å². The normalized spacial score (nSPS) is 20.3. The highest BCUT2D eigenvalue weighted by Crippen LogP contribution is 2.38. The molecular formula is C16H21N3O3. The molecule has 0 aromatic heterocycles. The number of nitrogens with zero attached hydrogens (tertiary/aromatic N) is 2. The van der Waals surface area contributed by atoms with E-state index in [0.29, 0.717) is 11.0 Å². The van der Waals surface area contributed by atoms with Crippen LogP contribution in [0.3, 0.4) is 0 Å². The summed E-state index contributed by atoms with van der Waals surface area (Å²) in [5, 5.41) is 14.2. The van der Waals surface area contributed by atoms with E-state index >= 15 is 0 Å². The number of benzene rings is 1. The Hall–Kier alpha value is -1.95. The fraction of sp³-hybridized carbons (Fsp3) is 0.562. The van der Waals surface area contributed by atoms with Crippen molar-refractivity contribution in [3.05, 3.63) is 39.9 Å². The number of nitrogens with one attached hydrogen (secondary N) is 1. The smallest absolute Gasteiger partial charge is 0.269 e. The van der Waals surface area contributed by atoms with Crippen LogP contribution in [0.1, 0.15) is 24.8 Å². The van der Waals surface area contributed by atoms with E-state index in [1.54, 1.807) is 12.1 Å². The van der Waals surface area contributed by atoms with Gasteiger partial charge < -0.3 is 10.2 Å². The summed E-state index contributed by atoms with van der Waals surface area (Å²) in [6, 6.07) is 6.36. The van der Waals surface area contributed by atoms with Crippen LogP contribution in [0.15, 0.2) is 24.3 Å². The quantitative estimate of drug-likeness (QED) is 0.681. The molecule has 0 bridgehead atoms. The topological polar surface area (TPSA) is 75.5 Å². The summed E-state index contributed by atoms with van der Waals surface area (Å²) >= 11 is 0. The van der Waals surface area contributed by atoms with Crippen molar-refractivity contribution >= 4 is 11.6 Å². The van der Waals surface area contributed by atoms with Gasteiger partial charge in [-0.2, -0.15) is 0 Å². The Morgan fingerprint density at radius 1 is 1.32 bits per heavy atom. The molecule has 6 nitrogen and oxygen atoms in total. The largest absolute Gasteiger partial charge is 0.342 e. The van der Waals surface area contributed by atoms with Crippen molar-refractivity contribution in [2.45, 2.75) is 25.7 Å². The van der Waals surface area contributed by atoms with E-state index in [1.165, 1.54) is 12.1 Å². The number of likely N-dealkylation sites (tertiary alicyclic amines) is 1. The minimum atomic E-state index is -0.423. The summed E-state index contributed by atoms with van der Waals surface area (Å²) in [6.45, 7) is 3.72. The number of hydrogen-bond acceptors (Lipinski definition) is 4. The molecule has 0 saturated carbocycles. The van der Waals surface area contributed by atoms with Gasteiger partial charge in [-0.05, 0) is 43.3 Å². The molecule has 2 aliphatic rings. The van der Waals surface area contributed by atoms with Gasteiger partial charge in [0.25, 0.3) is 5.69 Å². The van der Waals surface area contributed by atoms with Crippen LogP contribution in [-0.4, -0.2) is 41.9 Å². The van der Waals surface area contributed by atoms with E-state index in [9.17, 15) is 14.9 Å². The van der Waals surface area contributed by atoms with Crippen molar-refractivity contribution in [1.82, 2.24) is 10.2 Å². The Bertz CT molecular complexity index is 582. The van der Waals surface area contributed by atoms with Gasteiger partial charge in [0.1, 0.15) is 0 Å². The van der Waals surface area contributed by atoms with Crippen LogP contribution >= 0.6 is 0 Å². The summed E-state index contributed by atoms with van der Waals surface area (Å²) in [5.41, 5.74) is 1.05. The van der Waals surface area contributed by atoms with Crippen LogP contribution in [0.2, 0.25) is 0 Å². The maximum Gasteiger partial charge on any atom is 0.269 e. The Morgan fingerprint density at radius 3 is 2.82 bits per heavy atom. The van der Waals surface area contributed by atoms with E-state index in [0.717, 1.165) is 45.4 Å². The second-order valence-corrected chi connectivity index (χ2v) is 6.42. The third kappa shape index (κ3) is 3.11. The molecule has 1 aromatic carbocycles. The van der Waals surface area contributed by atoms with Crippen LogP contribution in [0.4, 0.5) is 5.69 Å². The first-order valence-corrected chi connectivity index (χ1v) is 7.80. The number of non-ortho nitro benzene ring substituents is 1. The Balaban J connectivity index is 1.63. The Labute approximate surface area is 129 Å². The van der Waals surface area contributed by atoms with Crippen LogP contribution in [-0.2, 0) is 11.2 Å². The minimum absolute atomic E-state index is 0.0431. The lowest BCUT2D eigenvalue weighted by atomic mass is 9.78. The first-order chi connectivity index (χ1) is 10.6. The molecule has 2 saturated heterocycles. The number of amides is 1. The molecule has 22 heavy (non-hydrogen) atoms.